The summed E-state index contributed by atoms with van der Waals surface area (Å²) in [6.07, 6.45) is -0.292. The third kappa shape index (κ3) is 5.72. The normalized spacial score (nSPS) is 19.5. The zero-order valence-electron chi connectivity index (χ0n) is 9.92. The molecule has 1 N–H and O–H groups in total. The number of piperidine rings is 1. The van der Waals surface area contributed by atoms with Crippen molar-refractivity contribution in [2.75, 3.05) is 39.4 Å². The predicted octanol–water partition coefficient (Wildman–Crippen LogP) is 1.34. The van der Waals surface area contributed by atoms with Gasteiger partial charge in [-0.1, -0.05) is 0 Å². The Labute approximate surface area is 96.1 Å². The highest BCUT2D eigenvalue weighted by Crippen LogP contribution is 2.11. The van der Waals surface area contributed by atoms with E-state index in [1.165, 1.54) is 0 Å². The maximum atomic E-state index is 12.1. The fourth-order valence-corrected chi connectivity index (χ4v) is 1.99. The van der Waals surface area contributed by atoms with Gasteiger partial charge in [0.25, 0.3) is 6.43 Å². The maximum Gasteiger partial charge on any atom is 0.251 e. The van der Waals surface area contributed by atoms with Crippen LogP contribution in [-0.4, -0.2) is 56.8 Å². The molecule has 0 aromatic carbocycles. The largest absolute Gasteiger partial charge is 0.380 e. The highest BCUT2D eigenvalue weighted by atomic mass is 19.3. The number of halogens is 2. The van der Waals surface area contributed by atoms with E-state index in [9.17, 15) is 8.78 Å². The van der Waals surface area contributed by atoms with Gasteiger partial charge in [0, 0.05) is 19.2 Å². The summed E-state index contributed by atoms with van der Waals surface area (Å²) in [5, 5.41) is 3.39. The van der Waals surface area contributed by atoms with Gasteiger partial charge in [0.15, 0.2) is 0 Å². The first-order valence-electron chi connectivity index (χ1n) is 6.04. The fraction of sp³-hybridized carbons (Fsp3) is 1.00. The molecule has 0 amide bonds. The van der Waals surface area contributed by atoms with Gasteiger partial charge in [-0.15, -0.1) is 0 Å². The van der Waals surface area contributed by atoms with Crippen LogP contribution in [0.1, 0.15) is 19.8 Å². The molecule has 5 heteroatoms. The molecule has 1 saturated heterocycles. The molecule has 1 rings (SSSR count). The molecule has 16 heavy (non-hydrogen) atoms. The lowest BCUT2D eigenvalue weighted by atomic mass is 10.1. The summed E-state index contributed by atoms with van der Waals surface area (Å²) in [4.78, 5) is 1.84. The average Bonchev–Trinajstić information content (AvgIpc) is 2.26. The lowest BCUT2D eigenvalue weighted by molar-refractivity contribution is 0.0718. The summed E-state index contributed by atoms with van der Waals surface area (Å²) in [7, 11) is 0. The summed E-state index contributed by atoms with van der Waals surface area (Å²) in [5.41, 5.74) is 0. The molecule has 1 fully saturated rings. The topological polar surface area (TPSA) is 24.5 Å². The first kappa shape index (κ1) is 13.8. The van der Waals surface area contributed by atoms with Gasteiger partial charge in [-0.3, -0.25) is 4.90 Å². The molecule has 1 aliphatic heterocycles. The minimum atomic E-state index is -2.21. The van der Waals surface area contributed by atoms with Gasteiger partial charge in [0.05, 0.1) is 13.2 Å². The van der Waals surface area contributed by atoms with Crippen LogP contribution >= 0.6 is 0 Å². The minimum Gasteiger partial charge on any atom is -0.380 e. The third-order valence-electron chi connectivity index (χ3n) is 2.87. The molecule has 0 aliphatic carbocycles. The van der Waals surface area contributed by atoms with Crippen molar-refractivity contribution in [3.05, 3.63) is 0 Å². The van der Waals surface area contributed by atoms with Crippen LogP contribution < -0.4 is 5.32 Å². The van der Waals surface area contributed by atoms with Crippen molar-refractivity contribution in [2.24, 2.45) is 0 Å². The molecule has 0 aromatic heterocycles. The van der Waals surface area contributed by atoms with Crippen molar-refractivity contribution in [1.82, 2.24) is 10.2 Å². The number of nitrogens with zero attached hydrogens (tertiary/aromatic N) is 1. The van der Waals surface area contributed by atoms with Crippen molar-refractivity contribution < 1.29 is 13.5 Å². The van der Waals surface area contributed by atoms with Gasteiger partial charge in [-0.2, -0.15) is 0 Å². The number of ether oxygens (including phenoxy) is 1. The Kier molecular flexibility index (Phi) is 6.84. The van der Waals surface area contributed by atoms with Gasteiger partial charge in [-0.05, 0) is 32.9 Å². The van der Waals surface area contributed by atoms with Crippen molar-refractivity contribution in [3.8, 4) is 0 Å². The molecule has 0 radical (unpaired) electrons. The van der Waals surface area contributed by atoms with E-state index in [4.69, 9.17) is 4.74 Å². The van der Waals surface area contributed by atoms with Crippen LogP contribution in [0.5, 0.6) is 0 Å². The lowest BCUT2D eigenvalue weighted by Crippen LogP contribution is -2.44. The van der Waals surface area contributed by atoms with E-state index in [-0.39, 0.29) is 6.54 Å². The van der Waals surface area contributed by atoms with Crippen LogP contribution in [0.15, 0.2) is 0 Å². The van der Waals surface area contributed by atoms with Crippen molar-refractivity contribution in [3.63, 3.8) is 0 Å². The second-order valence-electron chi connectivity index (χ2n) is 4.12. The third-order valence-corrected chi connectivity index (χ3v) is 2.87. The Balaban J connectivity index is 2.03. The fourth-order valence-electron chi connectivity index (χ4n) is 1.99. The van der Waals surface area contributed by atoms with Crippen molar-refractivity contribution in [1.29, 1.82) is 0 Å². The predicted molar refractivity (Wildman–Crippen MR) is 60.0 cm³/mol. The Hall–Kier alpha value is -0.260. The lowest BCUT2D eigenvalue weighted by Gasteiger charge is -2.32. The number of hydrogen-bond acceptors (Lipinski definition) is 3. The van der Waals surface area contributed by atoms with E-state index in [0.29, 0.717) is 6.04 Å². The first-order valence-corrected chi connectivity index (χ1v) is 6.04. The summed E-state index contributed by atoms with van der Waals surface area (Å²) in [5.74, 6) is 0. The van der Waals surface area contributed by atoms with Crippen LogP contribution in [-0.2, 0) is 4.74 Å². The average molecular weight is 236 g/mol. The molecule has 3 nitrogen and oxygen atoms in total. The van der Waals surface area contributed by atoms with Crippen LogP contribution in [0.25, 0.3) is 0 Å². The van der Waals surface area contributed by atoms with E-state index < -0.39 is 6.43 Å². The van der Waals surface area contributed by atoms with Gasteiger partial charge in [0.2, 0.25) is 0 Å². The summed E-state index contributed by atoms with van der Waals surface area (Å²) in [6, 6.07) is 0.467. The number of alkyl halides is 2. The second-order valence-corrected chi connectivity index (χ2v) is 4.12. The van der Waals surface area contributed by atoms with Crippen LogP contribution in [0.4, 0.5) is 8.78 Å². The van der Waals surface area contributed by atoms with E-state index in [0.717, 1.165) is 45.7 Å². The Morgan fingerprint density at radius 1 is 1.38 bits per heavy atom. The zero-order valence-corrected chi connectivity index (χ0v) is 9.92. The van der Waals surface area contributed by atoms with E-state index >= 15 is 0 Å². The van der Waals surface area contributed by atoms with E-state index in [1.807, 2.05) is 11.8 Å². The molecule has 0 unspecified atom stereocenters. The van der Waals surface area contributed by atoms with E-state index in [2.05, 4.69) is 5.32 Å². The van der Waals surface area contributed by atoms with Gasteiger partial charge in [0.1, 0.15) is 0 Å². The van der Waals surface area contributed by atoms with Crippen molar-refractivity contribution in [2.45, 2.75) is 32.2 Å². The molecule has 0 bridgehead atoms. The molecular formula is C11H22F2N2O. The summed E-state index contributed by atoms with van der Waals surface area (Å²) >= 11 is 0. The van der Waals surface area contributed by atoms with Gasteiger partial charge >= 0.3 is 0 Å². The van der Waals surface area contributed by atoms with Crippen molar-refractivity contribution >= 4 is 0 Å². The highest BCUT2D eigenvalue weighted by Gasteiger charge is 2.20. The van der Waals surface area contributed by atoms with Gasteiger partial charge < -0.3 is 10.1 Å². The smallest absolute Gasteiger partial charge is 0.251 e. The maximum absolute atomic E-state index is 12.1. The summed E-state index contributed by atoms with van der Waals surface area (Å²) < 4.78 is 29.5. The SMILES string of the molecule is CCOCCNC1CCN(CC(F)F)CC1. The van der Waals surface area contributed by atoms with Crippen LogP contribution in [0, 0.1) is 0 Å². The first-order chi connectivity index (χ1) is 7.72. The standard InChI is InChI=1S/C11H22F2N2O/c1-2-16-8-5-14-10-3-6-15(7-4-10)9-11(12)13/h10-11,14H,2-9H2,1H3. The quantitative estimate of drug-likeness (QED) is 0.675. The van der Waals surface area contributed by atoms with Crippen LogP contribution in [0.2, 0.25) is 0 Å². The number of nitrogens with one attached hydrogen (secondary N) is 1. The molecule has 0 saturated carbocycles. The number of likely N-dealkylation sites (tertiary alicyclic amines) is 1. The molecule has 96 valence electrons. The number of rotatable bonds is 7. The van der Waals surface area contributed by atoms with Gasteiger partial charge in [-0.25, -0.2) is 8.78 Å². The summed E-state index contributed by atoms with van der Waals surface area (Å²) in [6.45, 7) is 5.78. The minimum absolute atomic E-state index is 0.0777. The Bertz CT molecular complexity index is 173. The number of hydrogen-bond donors (Lipinski definition) is 1. The molecule has 0 spiro atoms. The molecule has 0 atom stereocenters. The molecular weight excluding hydrogens is 214 g/mol. The van der Waals surface area contributed by atoms with E-state index in [1.54, 1.807) is 0 Å². The molecule has 1 heterocycles. The zero-order chi connectivity index (χ0) is 11.8. The molecule has 0 aromatic rings. The van der Waals surface area contributed by atoms with Crippen LogP contribution in [0.3, 0.4) is 0 Å². The molecule has 1 aliphatic rings. The highest BCUT2D eigenvalue weighted by molar-refractivity contribution is 4.77. The Morgan fingerprint density at radius 2 is 2.06 bits per heavy atom. The second kappa shape index (κ2) is 7.92. The Morgan fingerprint density at radius 3 is 2.62 bits per heavy atom. The monoisotopic (exact) mass is 236 g/mol.